The maximum absolute atomic E-state index is 9.30. The zero-order chi connectivity index (χ0) is 15.4. The average molecular weight is 415 g/mol. The zero-order valence-corrected chi connectivity index (χ0v) is 15.0. The van der Waals surface area contributed by atoms with Crippen molar-refractivity contribution < 1.29 is 9.84 Å². The Hall–Kier alpha value is -1.20. The van der Waals surface area contributed by atoms with Gasteiger partial charge >= 0.3 is 0 Å². The van der Waals surface area contributed by atoms with Gasteiger partial charge in [-0.15, -0.1) is 0 Å². The Kier molecular flexibility index (Phi) is 5.53. The zero-order valence-electron chi connectivity index (χ0n) is 11.9. The van der Waals surface area contributed by atoms with Crippen molar-refractivity contribution in [3.63, 3.8) is 0 Å². The van der Waals surface area contributed by atoms with Gasteiger partial charge in [-0.3, -0.25) is 0 Å². The summed E-state index contributed by atoms with van der Waals surface area (Å²) >= 11 is 7.05. The van der Waals surface area contributed by atoms with Crippen molar-refractivity contribution in [2.45, 2.75) is 26.5 Å². The van der Waals surface area contributed by atoms with E-state index in [4.69, 9.17) is 4.74 Å². The van der Waals surface area contributed by atoms with Crippen molar-refractivity contribution in [2.24, 2.45) is 0 Å². The predicted molar refractivity (Wildman–Crippen MR) is 93.0 cm³/mol. The first-order chi connectivity index (χ1) is 9.95. The Balaban J connectivity index is 2.19. The predicted octanol–water partition coefficient (Wildman–Crippen LogP) is 5.32. The molecule has 21 heavy (non-hydrogen) atoms. The lowest BCUT2D eigenvalue weighted by molar-refractivity contribution is 0.238. The number of anilines is 1. The van der Waals surface area contributed by atoms with Crippen LogP contribution in [0.15, 0.2) is 45.3 Å². The summed E-state index contributed by atoms with van der Waals surface area (Å²) in [4.78, 5) is 0. The molecule has 0 aromatic heterocycles. The quantitative estimate of drug-likeness (QED) is 0.650. The first-order valence-corrected chi connectivity index (χ1v) is 8.22. The molecule has 0 aliphatic heterocycles. The molecule has 0 aliphatic carbocycles. The van der Waals surface area contributed by atoms with Crippen molar-refractivity contribution in [2.75, 3.05) is 5.32 Å². The minimum atomic E-state index is 0.106. The number of phenolic OH excluding ortho intramolecular Hbond substituents is 1. The van der Waals surface area contributed by atoms with Crippen molar-refractivity contribution in [3.8, 4) is 11.5 Å². The Morgan fingerprint density at radius 2 is 1.81 bits per heavy atom. The number of nitrogens with one attached hydrogen (secondary N) is 1. The van der Waals surface area contributed by atoms with E-state index < -0.39 is 0 Å². The molecule has 5 heteroatoms. The second-order valence-corrected chi connectivity index (χ2v) is 6.71. The monoisotopic (exact) mass is 413 g/mol. The second-order valence-electron chi connectivity index (χ2n) is 4.94. The molecule has 0 unspecified atom stereocenters. The van der Waals surface area contributed by atoms with Crippen LogP contribution in [0.2, 0.25) is 0 Å². The first-order valence-electron chi connectivity index (χ1n) is 6.63. The van der Waals surface area contributed by atoms with Crippen LogP contribution in [0.5, 0.6) is 11.5 Å². The molecule has 0 atom stereocenters. The molecule has 2 aromatic rings. The molecule has 2 rings (SSSR count). The Morgan fingerprint density at radius 1 is 1.14 bits per heavy atom. The standard InChI is InChI=1S/C16H17Br2NO2/c1-10(2)21-16-11(7-12(17)8-15(16)18)9-19-13-3-5-14(20)6-4-13/h3-8,10,19-20H,9H2,1-2H3. The fourth-order valence-electron chi connectivity index (χ4n) is 1.89. The van der Waals surface area contributed by atoms with Gasteiger partial charge in [0.2, 0.25) is 0 Å². The molecule has 3 nitrogen and oxygen atoms in total. The highest BCUT2D eigenvalue weighted by Gasteiger charge is 2.11. The number of ether oxygens (including phenoxy) is 1. The van der Waals surface area contributed by atoms with E-state index in [9.17, 15) is 5.11 Å². The normalized spacial score (nSPS) is 10.7. The molecular formula is C16H17Br2NO2. The van der Waals surface area contributed by atoms with E-state index >= 15 is 0 Å². The van der Waals surface area contributed by atoms with Crippen LogP contribution >= 0.6 is 31.9 Å². The molecule has 2 aromatic carbocycles. The summed E-state index contributed by atoms with van der Waals surface area (Å²) in [6.07, 6.45) is 0.106. The van der Waals surface area contributed by atoms with E-state index in [1.54, 1.807) is 12.1 Å². The molecular weight excluding hydrogens is 398 g/mol. The second kappa shape index (κ2) is 7.18. The van der Waals surface area contributed by atoms with Crippen molar-refractivity contribution in [1.82, 2.24) is 0 Å². The van der Waals surface area contributed by atoms with Gasteiger partial charge in [-0.05, 0) is 66.2 Å². The highest BCUT2D eigenvalue weighted by molar-refractivity contribution is 9.11. The molecule has 0 bridgehead atoms. The van der Waals surface area contributed by atoms with Gasteiger partial charge in [-0.25, -0.2) is 0 Å². The van der Waals surface area contributed by atoms with Crippen LogP contribution in [0.1, 0.15) is 19.4 Å². The smallest absolute Gasteiger partial charge is 0.138 e. The molecule has 0 radical (unpaired) electrons. The third-order valence-corrected chi connectivity index (χ3v) is 3.84. The fraction of sp³-hybridized carbons (Fsp3) is 0.250. The highest BCUT2D eigenvalue weighted by Crippen LogP contribution is 2.34. The van der Waals surface area contributed by atoms with Crippen molar-refractivity contribution in [1.29, 1.82) is 0 Å². The summed E-state index contributed by atoms with van der Waals surface area (Å²) in [6.45, 7) is 4.64. The maximum atomic E-state index is 9.30. The topological polar surface area (TPSA) is 41.5 Å². The lowest BCUT2D eigenvalue weighted by Crippen LogP contribution is -2.10. The van der Waals surface area contributed by atoms with Gasteiger partial charge in [-0.2, -0.15) is 0 Å². The Bertz CT molecular complexity index is 612. The third kappa shape index (κ3) is 4.64. The molecule has 0 saturated heterocycles. The van der Waals surface area contributed by atoms with E-state index in [1.807, 2.05) is 38.1 Å². The molecule has 0 heterocycles. The summed E-state index contributed by atoms with van der Waals surface area (Å²) in [5.74, 6) is 1.11. The minimum Gasteiger partial charge on any atom is -0.508 e. The van der Waals surface area contributed by atoms with Gasteiger partial charge in [0.05, 0.1) is 10.6 Å². The molecule has 0 aliphatic rings. The molecule has 0 amide bonds. The van der Waals surface area contributed by atoms with Gasteiger partial charge in [0, 0.05) is 22.3 Å². The Morgan fingerprint density at radius 3 is 2.43 bits per heavy atom. The van der Waals surface area contributed by atoms with E-state index in [-0.39, 0.29) is 11.9 Å². The average Bonchev–Trinajstić information content (AvgIpc) is 2.41. The van der Waals surface area contributed by atoms with E-state index in [1.165, 1.54) is 0 Å². The lowest BCUT2D eigenvalue weighted by atomic mass is 10.2. The van der Waals surface area contributed by atoms with E-state index in [0.717, 1.165) is 25.9 Å². The molecule has 0 spiro atoms. The van der Waals surface area contributed by atoms with Crippen LogP contribution < -0.4 is 10.1 Å². The van der Waals surface area contributed by atoms with Crippen LogP contribution in [0, 0.1) is 0 Å². The number of phenols is 1. The number of hydrogen-bond donors (Lipinski definition) is 2. The van der Waals surface area contributed by atoms with Gasteiger partial charge in [0.1, 0.15) is 11.5 Å². The number of aromatic hydroxyl groups is 1. The Labute approximate surface area is 141 Å². The lowest BCUT2D eigenvalue weighted by Gasteiger charge is -2.17. The van der Waals surface area contributed by atoms with Gasteiger partial charge in [0.25, 0.3) is 0 Å². The summed E-state index contributed by atoms with van der Waals surface area (Å²) in [5.41, 5.74) is 2.00. The van der Waals surface area contributed by atoms with Crippen LogP contribution in [0.3, 0.4) is 0 Å². The fourth-order valence-corrected chi connectivity index (χ4v) is 3.30. The number of halogens is 2. The van der Waals surface area contributed by atoms with E-state index in [0.29, 0.717) is 6.54 Å². The van der Waals surface area contributed by atoms with Crippen LogP contribution in [-0.2, 0) is 6.54 Å². The SMILES string of the molecule is CC(C)Oc1c(Br)cc(Br)cc1CNc1ccc(O)cc1. The van der Waals surface area contributed by atoms with Crippen LogP contribution in [-0.4, -0.2) is 11.2 Å². The molecule has 0 fully saturated rings. The van der Waals surface area contributed by atoms with Crippen molar-refractivity contribution >= 4 is 37.5 Å². The minimum absolute atomic E-state index is 0.106. The first kappa shape index (κ1) is 16.2. The van der Waals surface area contributed by atoms with Crippen LogP contribution in [0.25, 0.3) is 0 Å². The van der Waals surface area contributed by atoms with E-state index in [2.05, 4.69) is 37.2 Å². The van der Waals surface area contributed by atoms with Gasteiger partial charge in [-0.1, -0.05) is 15.9 Å². The molecule has 112 valence electrons. The largest absolute Gasteiger partial charge is 0.508 e. The van der Waals surface area contributed by atoms with Gasteiger partial charge < -0.3 is 15.2 Å². The third-order valence-electron chi connectivity index (χ3n) is 2.79. The highest BCUT2D eigenvalue weighted by atomic mass is 79.9. The number of rotatable bonds is 5. The van der Waals surface area contributed by atoms with Crippen molar-refractivity contribution in [3.05, 3.63) is 50.9 Å². The molecule has 2 N–H and O–H groups in total. The summed E-state index contributed by atoms with van der Waals surface area (Å²) in [7, 11) is 0. The number of benzene rings is 2. The summed E-state index contributed by atoms with van der Waals surface area (Å²) in [6, 6.07) is 11.0. The van der Waals surface area contributed by atoms with Crippen LogP contribution in [0.4, 0.5) is 5.69 Å². The summed E-state index contributed by atoms with van der Waals surface area (Å²) < 4.78 is 7.81. The molecule has 0 saturated carbocycles. The number of hydrogen-bond acceptors (Lipinski definition) is 3. The summed E-state index contributed by atoms with van der Waals surface area (Å²) in [5, 5.41) is 12.6. The van der Waals surface area contributed by atoms with Gasteiger partial charge in [0.15, 0.2) is 0 Å². The maximum Gasteiger partial charge on any atom is 0.138 e.